The van der Waals surface area contributed by atoms with Crippen molar-refractivity contribution in [2.75, 3.05) is 13.1 Å². The Hall–Kier alpha value is -1.10. The number of hydrogen-bond donors (Lipinski definition) is 3. The molecular formula is C13H24N2O3. The van der Waals surface area contributed by atoms with Crippen LogP contribution in [-0.4, -0.2) is 36.1 Å². The first kappa shape index (κ1) is 15.0. The van der Waals surface area contributed by atoms with Gasteiger partial charge < -0.3 is 15.7 Å². The first-order chi connectivity index (χ1) is 8.65. The summed E-state index contributed by atoms with van der Waals surface area (Å²) in [6, 6.07) is -0.195. The van der Waals surface area contributed by atoms with Crippen molar-refractivity contribution in [1.29, 1.82) is 0 Å². The number of aliphatic carboxylic acids is 1. The van der Waals surface area contributed by atoms with E-state index in [1.807, 2.05) is 6.92 Å². The summed E-state index contributed by atoms with van der Waals surface area (Å²) in [6.07, 6.45) is 4.88. The maximum Gasteiger partial charge on any atom is 0.308 e. The molecular weight excluding hydrogens is 232 g/mol. The van der Waals surface area contributed by atoms with Crippen molar-refractivity contribution in [3.63, 3.8) is 0 Å². The van der Waals surface area contributed by atoms with Crippen LogP contribution < -0.4 is 10.6 Å². The summed E-state index contributed by atoms with van der Waals surface area (Å²) in [5, 5.41) is 15.2. The lowest BCUT2D eigenvalue weighted by molar-refractivity contribution is -0.143. The average Bonchev–Trinajstić information content (AvgIpc) is 2.55. The molecule has 2 unspecified atom stereocenters. The minimum atomic E-state index is -0.783. The lowest BCUT2D eigenvalue weighted by Crippen LogP contribution is -2.43. The second-order valence-electron chi connectivity index (χ2n) is 4.86. The topological polar surface area (TPSA) is 78.4 Å². The van der Waals surface area contributed by atoms with Gasteiger partial charge in [-0.15, -0.1) is 0 Å². The second kappa shape index (κ2) is 8.08. The normalized spacial score (nSPS) is 24.3. The van der Waals surface area contributed by atoms with Gasteiger partial charge in [-0.1, -0.05) is 26.2 Å². The number of amides is 1. The molecule has 18 heavy (non-hydrogen) atoms. The number of carboxylic acids is 1. The summed E-state index contributed by atoms with van der Waals surface area (Å²) in [6.45, 7) is 3.48. The third-order valence-corrected chi connectivity index (χ3v) is 3.46. The van der Waals surface area contributed by atoms with Gasteiger partial charge in [0, 0.05) is 19.0 Å². The van der Waals surface area contributed by atoms with E-state index in [-0.39, 0.29) is 11.9 Å². The Morgan fingerprint density at radius 3 is 2.61 bits per heavy atom. The van der Waals surface area contributed by atoms with Crippen molar-refractivity contribution in [2.24, 2.45) is 5.92 Å². The highest BCUT2D eigenvalue weighted by Gasteiger charge is 2.30. The molecule has 0 bridgehead atoms. The quantitative estimate of drug-likeness (QED) is 0.492. The molecule has 5 nitrogen and oxygen atoms in total. The number of rotatable bonds is 6. The SMILES string of the molecule is CCNCCC(=O)NC1CCCCCC1C(=O)O. The van der Waals surface area contributed by atoms with Gasteiger partial charge in [0.2, 0.25) is 5.91 Å². The third-order valence-electron chi connectivity index (χ3n) is 3.46. The van der Waals surface area contributed by atoms with Gasteiger partial charge in [-0.2, -0.15) is 0 Å². The van der Waals surface area contributed by atoms with Gasteiger partial charge in [0.25, 0.3) is 0 Å². The molecule has 0 aromatic rings. The molecule has 0 spiro atoms. The average molecular weight is 256 g/mol. The number of nitrogens with one attached hydrogen (secondary N) is 2. The summed E-state index contributed by atoms with van der Waals surface area (Å²) in [5.41, 5.74) is 0. The molecule has 1 rings (SSSR count). The van der Waals surface area contributed by atoms with Gasteiger partial charge >= 0.3 is 5.97 Å². The van der Waals surface area contributed by atoms with Crippen molar-refractivity contribution < 1.29 is 14.7 Å². The molecule has 0 heterocycles. The molecule has 1 amide bonds. The van der Waals surface area contributed by atoms with Crippen LogP contribution in [0.4, 0.5) is 0 Å². The summed E-state index contributed by atoms with van der Waals surface area (Å²) in [7, 11) is 0. The summed E-state index contributed by atoms with van der Waals surface area (Å²) < 4.78 is 0. The Bertz CT molecular complexity index is 281. The Balaban J connectivity index is 2.44. The predicted molar refractivity (Wildman–Crippen MR) is 69.3 cm³/mol. The molecule has 3 N–H and O–H groups in total. The molecule has 0 saturated heterocycles. The van der Waals surface area contributed by atoms with Crippen LogP contribution in [0.2, 0.25) is 0 Å². The number of carbonyl (C=O) groups excluding carboxylic acids is 1. The zero-order chi connectivity index (χ0) is 13.4. The van der Waals surface area contributed by atoms with Crippen LogP contribution in [0, 0.1) is 5.92 Å². The fourth-order valence-corrected chi connectivity index (χ4v) is 2.43. The van der Waals surface area contributed by atoms with Gasteiger partial charge in [-0.05, 0) is 19.4 Å². The van der Waals surface area contributed by atoms with Gasteiger partial charge in [0.05, 0.1) is 5.92 Å². The molecule has 0 aliphatic heterocycles. The lowest BCUT2D eigenvalue weighted by atomic mass is 9.95. The molecule has 1 aliphatic carbocycles. The van der Waals surface area contributed by atoms with Crippen LogP contribution >= 0.6 is 0 Å². The smallest absolute Gasteiger partial charge is 0.308 e. The van der Waals surface area contributed by atoms with Crippen molar-refractivity contribution >= 4 is 11.9 Å². The van der Waals surface area contributed by atoms with E-state index in [9.17, 15) is 14.7 Å². The van der Waals surface area contributed by atoms with E-state index in [4.69, 9.17) is 0 Å². The monoisotopic (exact) mass is 256 g/mol. The molecule has 5 heteroatoms. The van der Waals surface area contributed by atoms with Crippen LogP contribution in [0.3, 0.4) is 0 Å². The zero-order valence-corrected chi connectivity index (χ0v) is 11.1. The third kappa shape index (κ3) is 5.04. The van der Waals surface area contributed by atoms with Gasteiger partial charge in [0.1, 0.15) is 0 Å². The van der Waals surface area contributed by atoms with Crippen LogP contribution in [0.25, 0.3) is 0 Å². The molecule has 1 saturated carbocycles. The van der Waals surface area contributed by atoms with Gasteiger partial charge in [0.15, 0.2) is 0 Å². The minimum Gasteiger partial charge on any atom is -0.481 e. The van der Waals surface area contributed by atoms with Crippen molar-refractivity contribution in [1.82, 2.24) is 10.6 Å². The van der Waals surface area contributed by atoms with E-state index in [0.29, 0.717) is 19.4 Å². The maximum absolute atomic E-state index is 11.7. The molecule has 1 fully saturated rings. The first-order valence-corrected chi connectivity index (χ1v) is 6.88. The number of carbonyl (C=O) groups is 2. The Morgan fingerprint density at radius 1 is 1.22 bits per heavy atom. The van der Waals surface area contributed by atoms with Crippen LogP contribution in [-0.2, 0) is 9.59 Å². The molecule has 1 aliphatic rings. The molecule has 104 valence electrons. The van der Waals surface area contributed by atoms with E-state index >= 15 is 0 Å². The van der Waals surface area contributed by atoms with E-state index in [1.54, 1.807) is 0 Å². The largest absolute Gasteiger partial charge is 0.481 e. The zero-order valence-electron chi connectivity index (χ0n) is 11.1. The predicted octanol–water partition coefficient (Wildman–Crippen LogP) is 1.14. The summed E-state index contributed by atoms with van der Waals surface area (Å²) in [5.74, 6) is -1.25. The van der Waals surface area contributed by atoms with E-state index in [1.165, 1.54) is 0 Å². The fraction of sp³-hybridized carbons (Fsp3) is 0.846. The second-order valence-corrected chi connectivity index (χ2v) is 4.86. The van der Waals surface area contributed by atoms with Crippen molar-refractivity contribution in [2.45, 2.75) is 51.5 Å². The molecule has 0 radical (unpaired) electrons. The van der Waals surface area contributed by atoms with E-state index in [2.05, 4.69) is 10.6 Å². The van der Waals surface area contributed by atoms with Crippen LogP contribution in [0.5, 0.6) is 0 Å². The summed E-state index contributed by atoms with van der Waals surface area (Å²) >= 11 is 0. The Labute approximate surface area is 108 Å². The highest BCUT2D eigenvalue weighted by molar-refractivity contribution is 5.78. The highest BCUT2D eigenvalue weighted by atomic mass is 16.4. The lowest BCUT2D eigenvalue weighted by Gasteiger charge is -2.22. The van der Waals surface area contributed by atoms with Crippen molar-refractivity contribution in [3.05, 3.63) is 0 Å². The first-order valence-electron chi connectivity index (χ1n) is 6.88. The fourth-order valence-electron chi connectivity index (χ4n) is 2.43. The Morgan fingerprint density at radius 2 is 1.94 bits per heavy atom. The highest BCUT2D eigenvalue weighted by Crippen LogP contribution is 2.23. The van der Waals surface area contributed by atoms with Gasteiger partial charge in [-0.3, -0.25) is 9.59 Å². The molecule has 0 aromatic carbocycles. The van der Waals surface area contributed by atoms with Crippen LogP contribution in [0.15, 0.2) is 0 Å². The van der Waals surface area contributed by atoms with Gasteiger partial charge in [-0.25, -0.2) is 0 Å². The van der Waals surface area contributed by atoms with E-state index < -0.39 is 11.9 Å². The molecule has 0 aromatic heterocycles. The summed E-state index contributed by atoms with van der Waals surface area (Å²) in [4.78, 5) is 22.9. The van der Waals surface area contributed by atoms with E-state index in [0.717, 1.165) is 32.2 Å². The standard InChI is InChI=1S/C13H24N2O3/c1-2-14-9-8-12(16)15-11-7-5-3-4-6-10(11)13(17)18/h10-11,14H,2-9H2,1H3,(H,15,16)(H,17,18). The molecule has 2 atom stereocenters. The minimum absolute atomic E-state index is 0.0471. The van der Waals surface area contributed by atoms with Crippen LogP contribution in [0.1, 0.15) is 45.4 Å². The Kier molecular flexibility index (Phi) is 6.72. The maximum atomic E-state index is 11.7. The van der Waals surface area contributed by atoms with Crippen molar-refractivity contribution in [3.8, 4) is 0 Å². The number of carboxylic acid groups (broad SMARTS) is 1. The number of hydrogen-bond acceptors (Lipinski definition) is 3.